The third kappa shape index (κ3) is 2.82. The zero-order valence-corrected chi connectivity index (χ0v) is 10.7. The van der Waals surface area contributed by atoms with Gasteiger partial charge in [0.25, 0.3) is 0 Å². The van der Waals surface area contributed by atoms with Gasteiger partial charge in [0, 0.05) is 5.56 Å². The Bertz CT molecular complexity index is 431. The summed E-state index contributed by atoms with van der Waals surface area (Å²) in [6, 6.07) is 7.57. The van der Waals surface area contributed by atoms with Crippen molar-refractivity contribution in [2.75, 3.05) is 6.61 Å². The highest BCUT2D eigenvalue weighted by Crippen LogP contribution is 2.31. The van der Waals surface area contributed by atoms with E-state index in [0.717, 1.165) is 11.3 Å². The highest BCUT2D eigenvalue weighted by Gasteiger charge is 2.25. The second-order valence-corrected chi connectivity index (χ2v) is 4.98. The lowest BCUT2D eigenvalue weighted by atomic mass is 10.0. The molecular weight excluding hydrogens is 230 g/mol. The van der Waals surface area contributed by atoms with Crippen molar-refractivity contribution >= 4 is 5.91 Å². The van der Waals surface area contributed by atoms with Crippen LogP contribution in [0.4, 0.5) is 0 Å². The molecule has 0 saturated heterocycles. The molecule has 2 unspecified atom stereocenters. The van der Waals surface area contributed by atoms with Gasteiger partial charge in [0.15, 0.2) is 0 Å². The van der Waals surface area contributed by atoms with E-state index in [4.69, 9.17) is 4.74 Å². The molecule has 0 aromatic heterocycles. The summed E-state index contributed by atoms with van der Waals surface area (Å²) in [5, 5.41) is 12.6. The fourth-order valence-corrected chi connectivity index (χ4v) is 1.96. The van der Waals surface area contributed by atoms with Crippen molar-refractivity contribution in [3.8, 4) is 5.75 Å². The van der Waals surface area contributed by atoms with Crippen LogP contribution in [0.15, 0.2) is 24.3 Å². The number of para-hydroxylation sites is 1. The lowest BCUT2D eigenvalue weighted by molar-refractivity contribution is -0.124. The predicted octanol–water partition coefficient (Wildman–Crippen LogP) is 1.64. The fraction of sp³-hybridized carbons (Fsp3) is 0.500. The van der Waals surface area contributed by atoms with Gasteiger partial charge in [-0.1, -0.05) is 32.0 Å². The lowest BCUT2D eigenvalue weighted by Crippen LogP contribution is -2.33. The number of fused-ring (bicyclic) bond motifs is 1. The fourth-order valence-electron chi connectivity index (χ4n) is 1.96. The largest absolute Gasteiger partial charge is 0.491 e. The van der Waals surface area contributed by atoms with Gasteiger partial charge in [0.2, 0.25) is 5.91 Å². The van der Waals surface area contributed by atoms with Crippen LogP contribution >= 0.6 is 0 Å². The van der Waals surface area contributed by atoms with E-state index in [2.05, 4.69) is 5.32 Å². The molecule has 1 aromatic carbocycles. The molecule has 0 saturated carbocycles. The number of rotatable bonds is 4. The summed E-state index contributed by atoms with van der Waals surface area (Å²) < 4.78 is 5.49. The number of aliphatic hydroxyl groups excluding tert-OH is 1. The van der Waals surface area contributed by atoms with Gasteiger partial charge in [-0.3, -0.25) is 4.79 Å². The van der Waals surface area contributed by atoms with Crippen molar-refractivity contribution in [2.45, 2.75) is 32.4 Å². The van der Waals surface area contributed by atoms with Crippen LogP contribution in [0, 0.1) is 5.92 Å². The van der Waals surface area contributed by atoms with Gasteiger partial charge in [-0.05, 0) is 12.0 Å². The Balaban J connectivity index is 1.94. The minimum absolute atomic E-state index is 0.0860. The molecule has 1 amide bonds. The Hall–Kier alpha value is -1.55. The summed E-state index contributed by atoms with van der Waals surface area (Å²) in [4.78, 5) is 11.8. The molecule has 0 aliphatic carbocycles. The minimum Gasteiger partial charge on any atom is -0.491 e. The Morgan fingerprint density at radius 2 is 2.22 bits per heavy atom. The van der Waals surface area contributed by atoms with Crippen molar-refractivity contribution in [3.05, 3.63) is 29.8 Å². The van der Waals surface area contributed by atoms with E-state index in [-0.39, 0.29) is 24.3 Å². The summed E-state index contributed by atoms with van der Waals surface area (Å²) >= 11 is 0. The standard InChI is InChI=1S/C14H19NO3/c1-9(2)12(16)7-14(17)15-11-8-18-13-6-4-3-5-10(11)13/h3-6,9,11-12,16H,7-8H2,1-2H3,(H,15,17). The molecule has 0 fully saturated rings. The normalized spacial score (nSPS) is 19.2. The molecule has 0 spiro atoms. The molecule has 2 N–H and O–H groups in total. The highest BCUT2D eigenvalue weighted by atomic mass is 16.5. The smallest absolute Gasteiger partial charge is 0.223 e. The molecule has 98 valence electrons. The van der Waals surface area contributed by atoms with Gasteiger partial charge >= 0.3 is 0 Å². The van der Waals surface area contributed by atoms with Crippen LogP contribution in [-0.4, -0.2) is 23.7 Å². The number of benzene rings is 1. The van der Waals surface area contributed by atoms with Crippen molar-refractivity contribution in [1.29, 1.82) is 0 Å². The summed E-state index contributed by atoms with van der Waals surface area (Å²) in [6.45, 7) is 4.25. The number of nitrogens with one attached hydrogen (secondary N) is 1. The average molecular weight is 249 g/mol. The van der Waals surface area contributed by atoms with E-state index < -0.39 is 6.10 Å². The average Bonchev–Trinajstić information content (AvgIpc) is 2.72. The molecule has 1 aliphatic rings. The first kappa shape index (κ1) is 12.9. The van der Waals surface area contributed by atoms with E-state index in [0.29, 0.717) is 6.61 Å². The summed E-state index contributed by atoms with van der Waals surface area (Å²) in [5.74, 6) is 0.775. The molecule has 0 bridgehead atoms. The zero-order valence-electron chi connectivity index (χ0n) is 10.7. The monoisotopic (exact) mass is 249 g/mol. The predicted molar refractivity (Wildman–Crippen MR) is 68.3 cm³/mol. The number of ether oxygens (including phenoxy) is 1. The maximum atomic E-state index is 11.8. The Morgan fingerprint density at radius 1 is 1.50 bits per heavy atom. The summed E-state index contributed by atoms with van der Waals surface area (Å²) in [7, 11) is 0. The minimum atomic E-state index is -0.595. The second-order valence-electron chi connectivity index (χ2n) is 4.98. The van der Waals surface area contributed by atoms with Crippen LogP contribution < -0.4 is 10.1 Å². The molecule has 2 atom stereocenters. The van der Waals surface area contributed by atoms with Gasteiger partial charge in [-0.25, -0.2) is 0 Å². The lowest BCUT2D eigenvalue weighted by Gasteiger charge is -2.16. The van der Waals surface area contributed by atoms with Crippen molar-refractivity contribution in [1.82, 2.24) is 5.32 Å². The molecule has 4 heteroatoms. The van der Waals surface area contributed by atoms with Gasteiger partial charge in [-0.2, -0.15) is 0 Å². The molecule has 1 aliphatic heterocycles. The second kappa shape index (κ2) is 5.40. The highest BCUT2D eigenvalue weighted by molar-refractivity contribution is 5.77. The van der Waals surface area contributed by atoms with Crippen LogP contribution in [0.5, 0.6) is 5.75 Å². The molecule has 2 rings (SSSR count). The maximum absolute atomic E-state index is 11.8. The van der Waals surface area contributed by atoms with Gasteiger partial charge in [-0.15, -0.1) is 0 Å². The van der Waals surface area contributed by atoms with E-state index in [1.54, 1.807) is 0 Å². The van der Waals surface area contributed by atoms with E-state index in [1.807, 2.05) is 38.1 Å². The first-order valence-electron chi connectivity index (χ1n) is 6.27. The van der Waals surface area contributed by atoms with Crippen LogP contribution in [0.2, 0.25) is 0 Å². The zero-order chi connectivity index (χ0) is 13.1. The first-order chi connectivity index (χ1) is 8.58. The van der Waals surface area contributed by atoms with Crippen molar-refractivity contribution in [2.24, 2.45) is 5.92 Å². The van der Waals surface area contributed by atoms with Gasteiger partial charge in [0.1, 0.15) is 12.4 Å². The number of hydrogen-bond acceptors (Lipinski definition) is 3. The topological polar surface area (TPSA) is 58.6 Å². The quantitative estimate of drug-likeness (QED) is 0.853. The van der Waals surface area contributed by atoms with Gasteiger partial charge in [0.05, 0.1) is 18.6 Å². The Morgan fingerprint density at radius 3 is 2.94 bits per heavy atom. The van der Waals surface area contributed by atoms with E-state index in [1.165, 1.54) is 0 Å². The van der Waals surface area contributed by atoms with Gasteiger partial charge < -0.3 is 15.2 Å². The number of hydrogen-bond donors (Lipinski definition) is 2. The first-order valence-corrected chi connectivity index (χ1v) is 6.27. The Labute approximate surface area is 107 Å². The molecule has 0 radical (unpaired) electrons. The van der Waals surface area contributed by atoms with E-state index >= 15 is 0 Å². The third-order valence-electron chi connectivity index (χ3n) is 3.20. The van der Waals surface area contributed by atoms with Crippen LogP contribution in [0.25, 0.3) is 0 Å². The van der Waals surface area contributed by atoms with E-state index in [9.17, 15) is 9.90 Å². The molecule has 4 nitrogen and oxygen atoms in total. The Kier molecular flexibility index (Phi) is 3.87. The van der Waals surface area contributed by atoms with Crippen LogP contribution in [-0.2, 0) is 4.79 Å². The molecule has 1 heterocycles. The number of aliphatic hydroxyl groups is 1. The molecule has 18 heavy (non-hydrogen) atoms. The van der Waals surface area contributed by atoms with Crippen molar-refractivity contribution in [3.63, 3.8) is 0 Å². The summed E-state index contributed by atoms with van der Waals surface area (Å²) in [5.41, 5.74) is 1.00. The van der Waals surface area contributed by atoms with Crippen molar-refractivity contribution < 1.29 is 14.6 Å². The number of carbonyl (C=O) groups is 1. The maximum Gasteiger partial charge on any atom is 0.223 e. The summed E-state index contributed by atoms with van der Waals surface area (Å²) in [6.07, 6.45) is -0.460. The third-order valence-corrected chi connectivity index (χ3v) is 3.20. The molecule has 1 aromatic rings. The SMILES string of the molecule is CC(C)C(O)CC(=O)NC1COc2ccccc21. The molecular formula is C14H19NO3. The number of amides is 1. The van der Waals surface area contributed by atoms with Crippen LogP contribution in [0.1, 0.15) is 31.9 Å². The van der Waals surface area contributed by atoms with Crippen LogP contribution in [0.3, 0.4) is 0 Å². The number of carbonyl (C=O) groups excluding carboxylic acids is 1.